The lowest BCUT2D eigenvalue weighted by atomic mass is 10.1. The van der Waals surface area contributed by atoms with Crippen LogP contribution in [0.25, 0.3) is 9.66 Å². The second-order valence-electron chi connectivity index (χ2n) is 2.20. The maximum atomic E-state index is 3.87. The summed E-state index contributed by atoms with van der Waals surface area (Å²) in [6.45, 7) is 7.60. The maximum absolute atomic E-state index is 3.87. The fraction of sp³-hybridized carbons (Fsp3) is 0. The van der Waals surface area contributed by atoms with Crippen LogP contribution in [0.15, 0.2) is 37.4 Å². The Morgan fingerprint density at radius 1 is 1.36 bits per heavy atom. The van der Waals surface area contributed by atoms with Crippen LogP contribution >= 0.6 is 22.6 Å². The van der Waals surface area contributed by atoms with Crippen molar-refractivity contribution < 1.29 is 0 Å². The molecule has 0 radical (unpaired) electrons. The van der Waals surface area contributed by atoms with Crippen molar-refractivity contribution in [3.63, 3.8) is 0 Å². The van der Waals surface area contributed by atoms with E-state index in [4.69, 9.17) is 0 Å². The first-order valence-corrected chi connectivity index (χ1v) is 4.40. The highest BCUT2D eigenvalue weighted by Crippen LogP contribution is 2.23. The highest BCUT2D eigenvalue weighted by atomic mass is 127. The van der Waals surface area contributed by atoms with E-state index in [0.717, 1.165) is 9.14 Å². The predicted octanol–water partition coefficient (Wildman–Crippen LogP) is 3.74. The lowest BCUT2D eigenvalue weighted by Gasteiger charge is -2.01. The Balaban J connectivity index is 3.22. The van der Waals surface area contributed by atoms with Gasteiger partial charge < -0.3 is 0 Å². The van der Waals surface area contributed by atoms with Gasteiger partial charge in [0.15, 0.2) is 0 Å². The minimum atomic E-state index is 1.05. The first-order chi connectivity index (χ1) is 5.25. The van der Waals surface area contributed by atoms with Gasteiger partial charge in [0.05, 0.1) is 0 Å². The van der Waals surface area contributed by atoms with Crippen LogP contribution in [0.3, 0.4) is 0 Å². The molecule has 0 unspecified atom stereocenters. The molecule has 0 aliphatic heterocycles. The number of halogens is 1. The van der Waals surface area contributed by atoms with E-state index in [0.29, 0.717) is 0 Å². The van der Waals surface area contributed by atoms with E-state index in [2.05, 4.69) is 35.7 Å². The molecule has 0 amide bonds. The summed E-state index contributed by atoms with van der Waals surface area (Å²) >= 11 is 2.22. The number of rotatable bonds is 2. The molecule has 0 heterocycles. The Morgan fingerprint density at radius 2 is 2.00 bits per heavy atom. The van der Waals surface area contributed by atoms with Crippen molar-refractivity contribution in [1.82, 2.24) is 0 Å². The molecule has 0 saturated heterocycles. The van der Waals surface area contributed by atoms with Crippen molar-refractivity contribution in [2.24, 2.45) is 0 Å². The molecule has 0 atom stereocenters. The molecule has 0 spiro atoms. The molecule has 0 saturated carbocycles. The Morgan fingerprint density at radius 3 is 2.45 bits per heavy atom. The van der Waals surface area contributed by atoms with Crippen LogP contribution in [0.4, 0.5) is 0 Å². The normalized spacial score (nSPS) is 9.18. The third-order valence-electron chi connectivity index (χ3n) is 1.47. The molecule has 1 heteroatoms. The molecule has 0 aliphatic carbocycles. The monoisotopic (exact) mass is 256 g/mol. The second-order valence-corrected chi connectivity index (χ2v) is 3.50. The molecule has 0 aliphatic rings. The molecule has 56 valence electrons. The van der Waals surface area contributed by atoms with E-state index in [1.165, 1.54) is 5.56 Å². The summed E-state index contributed by atoms with van der Waals surface area (Å²) < 4.78 is 1.05. The van der Waals surface area contributed by atoms with Gasteiger partial charge in [-0.25, -0.2) is 0 Å². The van der Waals surface area contributed by atoms with Gasteiger partial charge in [0.25, 0.3) is 0 Å². The zero-order valence-electron chi connectivity index (χ0n) is 6.18. The van der Waals surface area contributed by atoms with Crippen molar-refractivity contribution in [2.75, 3.05) is 0 Å². The molecule has 0 aromatic heterocycles. The highest BCUT2D eigenvalue weighted by Gasteiger charge is 1.97. The van der Waals surface area contributed by atoms with E-state index < -0.39 is 0 Å². The summed E-state index contributed by atoms with van der Waals surface area (Å²) in [5.74, 6) is 0. The SMILES string of the molecule is C=Cc1ccccc1C(=C)I. The summed E-state index contributed by atoms with van der Waals surface area (Å²) in [5, 5.41) is 0. The molecule has 11 heavy (non-hydrogen) atoms. The summed E-state index contributed by atoms with van der Waals surface area (Å²) in [5.41, 5.74) is 2.31. The minimum absolute atomic E-state index is 1.05. The van der Waals surface area contributed by atoms with Gasteiger partial charge in [-0.1, -0.05) is 43.5 Å². The van der Waals surface area contributed by atoms with Gasteiger partial charge in [0.2, 0.25) is 0 Å². The van der Waals surface area contributed by atoms with Crippen molar-refractivity contribution in [1.29, 1.82) is 0 Å². The smallest absolute Gasteiger partial charge is 0.0136 e. The average Bonchev–Trinajstić information content (AvgIpc) is 2.04. The zero-order valence-corrected chi connectivity index (χ0v) is 8.34. The molecule has 0 nitrogen and oxygen atoms in total. The van der Waals surface area contributed by atoms with Gasteiger partial charge in [0, 0.05) is 3.58 Å². The number of benzene rings is 1. The van der Waals surface area contributed by atoms with Crippen molar-refractivity contribution >= 4 is 32.2 Å². The molecular formula is C10H9I. The van der Waals surface area contributed by atoms with Crippen LogP contribution in [0, 0.1) is 0 Å². The molecule has 0 bridgehead atoms. The topological polar surface area (TPSA) is 0 Å². The first-order valence-electron chi connectivity index (χ1n) is 3.32. The fourth-order valence-electron chi connectivity index (χ4n) is 0.922. The van der Waals surface area contributed by atoms with Gasteiger partial charge in [-0.05, 0) is 33.7 Å². The van der Waals surface area contributed by atoms with Gasteiger partial charge >= 0.3 is 0 Å². The summed E-state index contributed by atoms with van der Waals surface area (Å²) in [4.78, 5) is 0. The molecular weight excluding hydrogens is 247 g/mol. The molecule has 0 N–H and O–H groups in total. The van der Waals surface area contributed by atoms with E-state index >= 15 is 0 Å². The Labute approximate surface area is 80.8 Å². The standard InChI is InChI=1S/C10H9I/c1-3-9-6-4-5-7-10(9)8(2)11/h3-7H,1-2H2. The average molecular weight is 256 g/mol. The van der Waals surface area contributed by atoms with Gasteiger partial charge in [-0.2, -0.15) is 0 Å². The predicted molar refractivity (Wildman–Crippen MR) is 59.6 cm³/mol. The van der Waals surface area contributed by atoms with Crippen LogP contribution in [-0.4, -0.2) is 0 Å². The minimum Gasteiger partial charge on any atom is -0.0984 e. The molecule has 1 aromatic rings. The van der Waals surface area contributed by atoms with Crippen LogP contribution < -0.4 is 0 Å². The zero-order chi connectivity index (χ0) is 8.27. The van der Waals surface area contributed by atoms with Crippen molar-refractivity contribution in [3.8, 4) is 0 Å². The van der Waals surface area contributed by atoms with Crippen LogP contribution in [-0.2, 0) is 0 Å². The van der Waals surface area contributed by atoms with Crippen LogP contribution in [0.5, 0.6) is 0 Å². The van der Waals surface area contributed by atoms with Gasteiger partial charge in [-0.3, -0.25) is 0 Å². The van der Waals surface area contributed by atoms with Gasteiger partial charge in [0.1, 0.15) is 0 Å². The summed E-state index contributed by atoms with van der Waals surface area (Å²) in [6.07, 6.45) is 1.85. The number of hydrogen-bond acceptors (Lipinski definition) is 0. The van der Waals surface area contributed by atoms with Gasteiger partial charge in [-0.15, -0.1) is 0 Å². The van der Waals surface area contributed by atoms with Crippen molar-refractivity contribution in [3.05, 3.63) is 48.6 Å². The lowest BCUT2D eigenvalue weighted by molar-refractivity contribution is 1.62. The Kier molecular flexibility index (Phi) is 2.88. The maximum Gasteiger partial charge on any atom is 0.0136 e. The molecule has 1 aromatic carbocycles. The summed E-state index contributed by atoms with van der Waals surface area (Å²) in [6, 6.07) is 8.09. The Bertz CT molecular complexity index is 287. The third kappa shape index (κ3) is 1.93. The van der Waals surface area contributed by atoms with Crippen LogP contribution in [0.1, 0.15) is 11.1 Å². The highest BCUT2D eigenvalue weighted by molar-refractivity contribution is 14.1. The fourth-order valence-corrected chi connectivity index (χ4v) is 1.41. The molecule has 1 rings (SSSR count). The first kappa shape index (κ1) is 8.53. The second kappa shape index (κ2) is 3.72. The van der Waals surface area contributed by atoms with E-state index in [1.54, 1.807) is 0 Å². The quantitative estimate of drug-likeness (QED) is 0.707. The van der Waals surface area contributed by atoms with Crippen LogP contribution in [0.2, 0.25) is 0 Å². The lowest BCUT2D eigenvalue weighted by Crippen LogP contribution is -1.80. The molecule has 0 fully saturated rings. The Hall–Kier alpha value is -0.570. The summed E-state index contributed by atoms with van der Waals surface area (Å²) in [7, 11) is 0. The van der Waals surface area contributed by atoms with E-state index in [9.17, 15) is 0 Å². The van der Waals surface area contributed by atoms with Crippen molar-refractivity contribution in [2.45, 2.75) is 0 Å². The number of hydrogen-bond donors (Lipinski definition) is 0. The largest absolute Gasteiger partial charge is 0.0984 e. The third-order valence-corrected chi connectivity index (χ3v) is 2.05. The van der Waals surface area contributed by atoms with E-state index in [1.807, 2.05) is 30.3 Å². The van der Waals surface area contributed by atoms with E-state index in [-0.39, 0.29) is 0 Å².